The molecule has 10 heteroatoms. The molecular weight excluding hydrogens is 453 g/mol. The predicted octanol–water partition coefficient (Wildman–Crippen LogP) is 3.66. The van der Waals surface area contributed by atoms with Crippen LogP contribution in [0.3, 0.4) is 0 Å². The minimum Gasteiger partial charge on any atom is -0.463 e. The van der Waals surface area contributed by atoms with Crippen LogP contribution in [0.1, 0.15) is 40.7 Å². The number of ether oxygens (including phenoxy) is 1. The highest BCUT2D eigenvalue weighted by atomic mass is 32.2. The summed E-state index contributed by atoms with van der Waals surface area (Å²) in [5.41, 5.74) is 5.77. The molecule has 0 unspecified atom stereocenters. The number of aliphatic imine (C=N–C) groups is 1. The molecular formula is C23H21F3N4O2S. The molecule has 0 saturated heterocycles. The Kier molecular flexibility index (Phi) is 5.86. The number of ketones is 1. The van der Waals surface area contributed by atoms with E-state index >= 15 is 0 Å². The monoisotopic (exact) mass is 474 g/mol. The van der Waals surface area contributed by atoms with Crippen LogP contribution < -0.4 is 10.5 Å². The van der Waals surface area contributed by atoms with Gasteiger partial charge >= 0.3 is 0 Å². The third-order valence-electron chi connectivity index (χ3n) is 6.07. The lowest BCUT2D eigenvalue weighted by atomic mass is 9.84. The smallest absolute Gasteiger partial charge is 0.253 e. The Morgan fingerprint density at radius 1 is 1.45 bits per heavy atom. The maximum atomic E-state index is 14.9. The van der Waals surface area contributed by atoms with E-state index in [1.54, 1.807) is 13.8 Å². The molecule has 1 saturated carbocycles. The van der Waals surface area contributed by atoms with E-state index < -0.39 is 28.4 Å². The number of nitrogens with two attached hydrogens (primary N) is 1. The van der Waals surface area contributed by atoms with Crippen molar-refractivity contribution in [3.63, 3.8) is 0 Å². The number of alkyl halides is 2. The van der Waals surface area contributed by atoms with Gasteiger partial charge in [-0.3, -0.25) is 9.79 Å². The number of hydrogen-bond donors (Lipinski definition) is 1. The number of benzene rings is 1. The lowest BCUT2D eigenvalue weighted by Gasteiger charge is -2.34. The number of halogens is 3. The summed E-state index contributed by atoms with van der Waals surface area (Å²) in [5.74, 6) is 1.04. The molecule has 0 spiro atoms. The number of thioether (sulfide) groups is 1. The zero-order chi connectivity index (χ0) is 24.0. The summed E-state index contributed by atoms with van der Waals surface area (Å²) < 4.78 is 46.2. The van der Waals surface area contributed by atoms with Crippen LogP contribution in [-0.2, 0) is 12.0 Å². The maximum Gasteiger partial charge on any atom is 0.253 e. The molecule has 1 aromatic carbocycles. The van der Waals surface area contributed by atoms with Gasteiger partial charge in [-0.25, -0.2) is 23.1 Å². The van der Waals surface area contributed by atoms with Crippen molar-refractivity contribution in [2.24, 2.45) is 16.6 Å². The third kappa shape index (κ3) is 4.06. The summed E-state index contributed by atoms with van der Waals surface area (Å²) in [6.45, 7) is 3.26. The molecule has 2 aliphatic rings. The summed E-state index contributed by atoms with van der Waals surface area (Å²) in [5, 5.41) is 0.00507. The van der Waals surface area contributed by atoms with Crippen LogP contribution in [-0.4, -0.2) is 38.7 Å². The molecule has 2 N–H and O–H groups in total. The summed E-state index contributed by atoms with van der Waals surface area (Å²) >= 11 is 0.858. The molecule has 0 bridgehead atoms. The number of amidine groups is 1. The summed E-state index contributed by atoms with van der Waals surface area (Å²) in [6.07, 6.45) is 3.95. The number of Topliss-reactive ketones (excluding diaryl/α,β-unsaturated/α-hetero) is 1. The van der Waals surface area contributed by atoms with Crippen molar-refractivity contribution in [3.8, 4) is 18.2 Å². The molecule has 0 amide bonds. The largest absolute Gasteiger partial charge is 0.463 e. The van der Waals surface area contributed by atoms with E-state index in [1.807, 2.05) is 0 Å². The van der Waals surface area contributed by atoms with Crippen molar-refractivity contribution < 1.29 is 22.7 Å². The van der Waals surface area contributed by atoms with Gasteiger partial charge < -0.3 is 10.5 Å². The summed E-state index contributed by atoms with van der Waals surface area (Å²) in [4.78, 5) is 25.5. The van der Waals surface area contributed by atoms with E-state index in [0.717, 1.165) is 11.8 Å². The second-order valence-electron chi connectivity index (χ2n) is 8.26. The van der Waals surface area contributed by atoms with Crippen molar-refractivity contribution >= 4 is 22.7 Å². The highest BCUT2D eigenvalue weighted by molar-refractivity contribution is 8.15. The molecule has 2 heterocycles. The number of carbonyl (C=O) groups excluding carboxylic acids is 1. The first-order chi connectivity index (χ1) is 15.6. The van der Waals surface area contributed by atoms with Gasteiger partial charge in [0.15, 0.2) is 17.6 Å². The molecule has 0 radical (unpaired) electrons. The number of aromatic nitrogens is 2. The molecule has 6 nitrogen and oxygen atoms in total. The van der Waals surface area contributed by atoms with Gasteiger partial charge in [0.2, 0.25) is 5.88 Å². The van der Waals surface area contributed by atoms with Gasteiger partial charge in [-0.1, -0.05) is 23.7 Å². The van der Waals surface area contributed by atoms with Crippen molar-refractivity contribution in [2.75, 3.05) is 6.61 Å². The normalized spacial score (nSPS) is 25.7. The summed E-state index contributed by atoms with van der Waals surface area (Å²) in [6, 6.07) is 4.20. The van der Waals surface area contributed by atoms with Gasteiger partial charge in [0.05, 0.1) is 22.2 Å². The molecule has 1 aliphatic heterocycles. The molecule has 172 valence electrons. The number of hydrogen-bond acceptors (Lipinski definition) is 7. The Hall–Kier alpha value is -3.06. The molecule has 1 fully saturated rings. The average molecular weight is 475 g/mol. The molecule has 3 atom stereocenters. The van der Waals surface area contributed by atoms with Gasteiger partial charge in [0.1, 0.15) is 11.5 Å². The number of rotatable bonds is 7. The Labute approximate surface area is 193 Å². The van der Waals surface area contributed by atoms with E-state index in [2.05, 4.69) is 20.9 Å². The number of terminal acetylenes is 1. The topological polar surface area (TPSA) is 90.5 Å². The van der Waals surface area contributed by atoms with Crippen LogP contribution in [0.5, 0.6) is 5.88 Å². The molecule has 2 aromatic rings. The lowest BCUT2D eigenvalue weighted by Crippen LogP contribution is -2.39. The zero-order valence-corrected chi connectivity index (χ0v) is 18.8. The standard InChI is InChI=1S/C23H21F3N4O2S/c1-4-7-32-18-11-28-19(12(2)29-18)16(31)9-13-5-6-15(24)14(8-13)22(3)17-10-23(17,20(25)26)33-21(27)30-22/h1,5-6,8,11,17,20H,7,9-10H2,2-3H3,(H2,27,30)/t17-,22+,23-/m0/s1. The Morgan fingerprint density at radius 2 is 2.21 bits per heavy atom. The molecule has 33 heavy (non-hydrogen) atoms. The highest BCUT2D eigenvalue weighted by Gasteiger charge is 2.71. The Morgan fingerprint density at radius 3 is 2.88 bits per heavy atom. The van der Waals surface area contributed by atoms with E-state index in [0.29, 0.717) is 11.3 Å². The quantitative estimate of drug-likeness (QED) is 0.487. The van der Waals surface area contributed by atoms with E-state index in [1.165, 1.54) is 24.4 Å². The minimum atomic E-state index is -2.61. The maximum absolute atomic E-state index is 14.9. The lowest BCUT2D eigenvalue weighted by molar-refractivity contribution is 0.0986. The van der Waals surface area contributed by atoms with Gasteiger partial charge in [0.25, 0.3) is 6.43 Å². The predicted molar refractivity (Wildman–Crippen MR) is 119 cm³/mol. The zero-order valence-electron chi connectivity index (χ0n) is 17.9. The van der Waals surface area contributed by atoms with Gasteiger partial charge in [-0.2, -0.15) is 0 Å². The van der Waals surface area contributed by atoms with Crippen LogP contribution in [0.15, 0.2) is 29.4 Å². The Bertz CT molecular complexity index is 1200. The summed E-state index contributed by atoms with van der Waals surface area (Å²) in [7, 11) is 0. The fraction of sp³-hybridized carbons (Fsp3) is 0.391. The number of fused-ring (bicyclic) bond motifs is 1. The second-order valence-corrected chi connectivity index (χ2v) is 9.64. The van der Waals surface area contributed by atoms with Crippen LogP contribution >= 0.6 is 11.8 Å². The van der Waals surface area contributed by atoms with Crippen LogP contribution in [0.4, 0.5) is 13.2 Å². The number of nitrogens with zero attached hydrogens (tertiary/aromatic N) is 3. The SMILES string of the molecule is C#CCOc1cnc(C(=O)Cc2ccc(F)c([C@@]3(C)N=C(N)S[C@@]4(C(F)F)C[C@@H]34)c2)c(C)n1. The van der Waals surface area contributed by atoms with Crippen molar-refractivity contribution in [1.29, 1.82) is 0 Å². The van der Waals surface area contributed by atoms with Gasteiger partial charge in [-0.15, -0.1) is 6.42 Å². The van der Waals surface area contributed by atoms with Crippen LogP contribution in [0, 0.1) is 31.0 Å². The number of aryl methyl sites for hydroxylation is 1. The fourth-order valence-electron chi connectivity index (χ4n) is 4.36. The average Bonchev–Trinajstić information content (AvgIpc) is 3.50. The van der Waals surface area contributed by atoms with Crippen molar-refractivity contribution in [3.05, 3.63) is 52.7 Å². The van der Waals surface area contributed by atoms with Crippen molar-refractivity contribution in [2.45, 2.75) is 43.4 Å². The molecule has 1 aromatic heterocycles. The first kappa shape index (κ1) is 23.1. The van der Waals surface area contributed by atoms with Crippen LogP contribution in [0.2, 0.25) is 0 Å². The second kappa shape index (κ2) is 8.37. The van der Waals surface area contributed by atoms with E-state index in [9.17, 15) is 18.0 Å². The van der Waals surface area contributed by atoms with E-state index in [4.69, 9.17) is 16.9 Å². The highest BCUT2D eigenvalue weighted by Crippen LogP contribution is 2.68. The van der Waals surface area contributed by atoms with Gasteiger partial charge in [-0.05, 0) is 38.0 Å². The number of carbonyl (C=O) groups is 1. The van der Waals surface area contributed by atoms with Crippen molar-refractivity contribution in [1.82, 2.24) is 9.97 Å². The Balaban J connectivity index is 1.61. The van der Waals surface area contributed by atoms with E-state index in [-0.39, 0.29) is 47.5 Å². The minimum absolute atomic E-state index is 0.00507. The first-order valence-corrected chi connectivity index (χ1v) is 11.0. The van der Waals surface area contributed by atoms with Crippen LogP contribution in [0.25, 0.3) is 0 Å². The third-order valence-corrected chi connectivity index (χ3v) is 7.38. The fourth-order valence-corrected chi connectivity index (χ4v) is 5.70. The molecule has 1 aliphatic carbocycles. The molecule has 4 rings (SSSR count). The van der Waals surface area contributed by atoms with Gasteiger partial charge in [0, 0.05) is 17.9 Å². The first-order valence-electron chi connectivity index (χ1n) is 10.1.